The summed E-state index contributed by atoms with van der Waals surface area (Å²) in [6.07, 6.45) is 0.716. The molecule has 2 aromatic rings. The monoisotopic (exact) mass is 400 g/mol. The summed E-state index contributed by atoms with van der Waals surface area (Å²) in [5, 5.41) is 3.39. The lowest BCUT2D eigenvalue weighted by molar-refractivity contribution is -0.116. The smallest absolute Gasteiger partial charge is 0.240 e. The van der Waals surface area contributed by atoms with Crippen LogP contribution >= 0.6 is 23.2 Å². The molecule has 134 valence electrons. The number of carbonyl (C=O) groups is 1. The summed E-state index contributed by atoms with van der Waals surface area (Å²) >= 11 is 11.9. The van der Waals surface area contributed by atoms with Crippen LogP contribution in [0.2, 0.25) is 10.0 Å². The number of anilines is 1. The molecule has 2 N–H and O–H groups in total. The lowest BCUT2D eigenvalue weighted by Crippen LogP contribution is -2.23. The van der Waals surface area contributed by atoms with Crippen LogP contribution < -0.4 is 10.0 Å². The van der Waals surface area contributed by atoms with E-state index in [1.807, 2.05) is 0 Å². The Bertz CT molecular complexity index is 853. The van der Waals surface area contributed by atoms with Crippen LogP contribution in [-0.2, 0) is 21.2 Å². The number of carbonyl (C=O) groups excluding carboxylic acids is 1. The molecule has 0 unspecified atom stereocenters. The number of nitrogens with one attached hydrogen (secondary N) is 2. The van der Waals surface area contributed by atoms with E-state index in [0.29, 0.717) is 28.7 Å². The summed E-state index contributed by atoms with van der Waals surface area (Å²) in [4.78, 5) is 12.2. The third kappa shape index (κ3) is 5.44. The van der Waals surface area contributed by atoms with E-state index in [9.17, 15) is 13.2 Å². The van der Waals surface area contributed by atoms with Crippen molar-refractivity contribution in [2.45, 2.75) is 24.7 Å². The molecule has 0 heterocycles. The maximum Gasteiger partial charge on any atom is 0.240 e. The third-order valence-corrected chi connectivity index (χ3v) is 5.81. The zero-order valence-electron chi connectivity index (χ0n) is 13.6. The molecule has 0 saturated carbocycles. The van der Waals surface area contributed by atoms with Crippen molar-refractivity contribution in [3.63, 3.8) is 0 Å². The average molecular weight is 401 g/mol. The zero-order chi connectivity index (χ0) is 18.4. The maximum atomic E-state index is 12.0. The van der Waals surface area contributed by atoms with E-state index in [4.69, 9.17) is 23.2 Å². The molecule has 0 bridgehead atoms. The van der Waals surface area contributed by atoms with Crippen molar-refractivity contribution in [1.29, 1.82) is 0 Å². The Balaban J connectivity index is 1.95. The second kappa shape index (κ2) is 8.67. The first kappa shape index (κ1) is 19.7. The van der Waals surface area contributed by atoms with Gasteiger partial charge in [-0.2, -0.15) is 0 Å². The summed E-state index contributed by atoms with van der Waals surface area (Å²) in [5.41, 5.74) is 1.33. The predicted molar refractivity (Wildman–Crippen MR) is 101 cm³/mol. The van der Waals surface area contributed by atoms with E-state index >= 15 is 0 Å². The first-order valence-corrected chi connectivity index (χ1v) is 9.90. The topological polar surface area (TPSA) is 75.3 Å². The average Bonchev–Trinajstić information content (AvgIpc) is 2.57. The Morgan fingerprint density at radius 3 is 2.40 bits per heavy atom. The molecular weight excluding hydrogens is 383 g/mol. The summed E-state index contributed by atoms with van der Waals surface area (Å²) < 4.78 is 26.2. The number of rotatable bonds is 7. The van der Waals surface area contributed by atoms with Gasteiger partial charge in [-0.25, -0.2) is 13.1 Å². The second-order valence-corrected chi connectivity index (χ2v) is 7.85. The predicted octanol–water partition coefficient (Wildman–Crippen LogP) is 3.86. The van der Waals surface area contributed by atoms with Crippen molar-refractivity contribution in [1.82, 2.24) is 4.72 Å². The molecule has 0 aliphatic heterocycles. The molecule has 0 aromatic heterocycles. The van der Waals surface area contributed by atoms with Crippen molar-refractivity contribution >= 4 is 44.8 Å². The number of hydrogen-bond donors (Lipinski definition) is 2. The number of halogens is 2. The van der Waals surface area contributed by atoms with Gasteiger partial charge in [-0.05, 0) is 36.2 Å². The van der Waals surface area contributed by atoms with Crippen molar-refractivity contribution in [3.05, 3.63) is 58.1 Å². The highest BCUT2D eigenvalue weighted by molar-refractivity contribution is 7.89. The van der Waals surface area contributed by atoms with Gasteiger partial charge >= 0.3 is 0 Å². The van der Waals surface area contributed by atoms with Gasteiger partial charge < -0.3 is 5.32 Å². The van der Waals surface area contributed by atoms with Gasteiger partial charge in [-0.15, -0.1) is 0 Å². The van der Waals surface area contributed by atoms with Crippen LogP contribution in [0.15, 0.2) is 47.4 Å². The van der Waals surface area contributed by atoms with Crippen LogP contribution in [0.5, 0.6) is 0 Å². The molecule has 0 atom stereocenters. The summed E-state index contributed by atoms with van der Waals surface area (Å²) in [5.74, 6) is -0.200. The highest BCUT2D eigenvalue weighted by Crippen LogP contribution is 2.29. The Hall–Kier alpha value is -1.60. The fraction of sp³-hybridized carbons (Fsp3) is 0.235. The SMILES string of the molecule is CCNS(=O)(=O)c1ccc(CCC(=O)Nc2cccc(Cl)c2Cl)cc1. The van der Waals surface area contributed by atoms with E-state index in [1.165, 1.54) is 12.1 Å². The molecule has 0 fully saturated rings. The van der Waals surface area contributed by atoms with Crippen LogP contribution in [0.3, 0.4) is 0 Å². The standard InChI is InChI=1S/C17H18Cl2N2O3S/c1-2-20-25(23,24)13-9-6-12(7-10-13)8-11-16(22)21-15-5-3-4-14(18)17(15)19/h3-7,9-10,20H,2,8,11H2,1H3,(H,21,22). The minimum Gasteiger partial charge on any atom is -0.325 e. The first-order valence-electron chi connectivity index (χ1n) is 7.66. The third-order valence-electron chi connectivity index (χ3n) is 3.43. The van der Waals surface area contributed by atoms with Crippen molar-refractivity contribution in [2.75, 3.05) is 11.9 Å². The van der Waals surface area contributed by atoms with Crippen molar-refractivity contribution < 1.29 is 13.2 Å². The van der Waals surface area contributed by atoms with E-state index < -0.39 is 10.0 Å². The molecule has 8 heteroatoms. The molecule has 0 radical (unpaired) electrons. The van der Waals surface area contributed by atoms with Gasteiger partial charge in [0, 0.05) is 13.0 Å². The molecule has 5 nitrogen and oxygen atoms in total. The van der Waals surface area contributed by atoms with Gasteiger partial charge in [-0.3, -0.25) is 4.79 Å². The van der Waals surface area contributed by atoms with Crippen molar-refractivity contribution in [2.24, 2.45) is 0 Å². The molecule has 0 aliphatic carbocycles. The minimum atomic E-state index is -3.46. The maximum absolute atomic E-state index is 12.0. The number of aryl methyl sites for hydroxylation is 1. The quantitative estimate of drug-likeness (QED) is 0.740. The molecular formula is C17H18Cl2N2O3S. The molecule has 2 aromatic carbocycles. The summed E-state index contributed by atoms with van der Waals surface area (Å²) in [6.45, 7) is 2.05. The van der Waals surface area contributed by atoms with Crippen LogP contribution in [0.25, 0.3) is 0 Å². The second-order valence-electron chi connectivity index (χ2n) is 5.29. The van der Waals surface area contributed by atoms with Crippen LogP contribution in [0.1, 0.15) is 18.9 Å². The fourth-order valence-electron chi connectivity index (χ4n) is 2.18. The van der Waals surface area contributed by atoms with Gasteiger partial charge in [0.05, 0.1) is 20.6 Å². The highest BCUT2D eigenvalue weighted by Gasteiger charge is 2.12. The molecule has 1 amide bonds. The zero-order valence-corrected chi connectivity index (χ0v) is 15.9. The summed E-state index contributed by atoms with van der Waals surface area (Å²) in [6, 6.07) is 11.5. The van der Waals surface area contributed by atoms with E-state index in [1.54, 1.807) is 37.3 Å². The fourth-order valence-corrected chi connectivity index (χ4v) is 3.57. The van der Waals surface area contributed by atoms with E-state index in [0.717, 1.165) is 5.56 Å². The first-order chi connectivity index (χ1) is 11.8. The highest BCUT2D eigenvalue weighted by atomic mass is 35.5. The lowest BCUT2D eigenvalue weighted by Gasteiger charge is -2.09. The number of amides is 1. The number of benzene rings is 2. The van der Waals surface area contributed by atoms with Gasteiger partial charge in [0.2, 0.25) is 15.9 Å². The normalized spacial score (nSPS) is 11.3. The van der Waals surface area contributed by atoms with Gasteiger partial charge in [0.15, 0.2) is 0 Å². The van der Waals surface area contributed by atoms with E-state index in [2.05, 4.69) is 10.0 Å². The molecule has 0 saturated heterocycles. The lowest BCUT2D eigenvalue weighted by atomic mass is 10.1. The largest absolute Gasteiger partial charge is 0.325 e. The molecule has 0 aliphatic rings. The van der Waals surface area contributed by atoms with Gasteiger partial charge in [0.1, 0.15) is 0 Å². The van der Waals surface area contributed by atoms with Crippen LogP contribution in [0.4, 0.5) is 5.69 Å². The number of sulfonamides is 1. The number of hydrogen-bond acceptors (Lipinski definition) is 3. The van der Waals surface area contributed by atoms with Gasteiger partial charge in [0.25, 0.3) is 0 Å². The van der Waals surface area contributed by atoms with Gasteiger partial charge in [-0.1, -0.05) is 48.3 Å². The molecule has 0 spiro atoms. The van der Waals surface area contributed by atoms with Crippen LogP contribution in [-0.4, -0.2) is 20.9 Å². The summed E-state index contributed by atoms with van der Waals surface area (Å²) in [7, 11) is -3.46. The van der Waals surface area contributed by atoms with Crippen molar-refractivity contribution in [3.8, 4) is 0 Å². The minimum absolute atomic E-state index is 0.200. The Kier molecular flexibility index (Phi) is 6.84. The molecule has 25 heavy (non-hydrogen) atoms. The molecule has 2 rings (SSSR count). The van der Waals surface area contributed by atoms with E-state index in [-0.39, 0.29) is 17.2 Å². The Morgan fingerprint density at radius 2 is 1.76 bits per heavy atom. The van der Waals surface area contributed by atoms with Crippen LogP contribution in [0, 0.1) is 0 Å². The Labute approximate surface area is 157 Å². The Morgan fingerprint density at radius 1 is 1.08 bits per heavy atom.